The molecule has 1 heterocycles. The third-order valence-electron chi connectivity index (χ3n) is 3.19. The van der Waals surface area contributed by atoms with Gasteiger partial charge in [-0.1, -0.05) is 0 Å². The van der Waals surface area contributed by atoms with Gasteiger partial charge in [-0.15, -0.1) is 0 Å². The van der Waals surface area contributed by atoms with Gasteiger partial charge in [-0.2, -0.15) is 0 Å². The highest BCUT2D eigenvalue weighted by molar-refractivity contribution is 5.82. The summed E-state index contributed by atoms with van der Waals surface area (Å²) in [5, 5.41) is 2.69. The van der Waals surface area contributed by atoms with Gasteiger partial charge < -0.3 is 25.4 Å². The van der Waals surface area contributed by atoms with Gasteiger partial charge in [0.05, 0.1) is 19.2 Å². The quantitative estimate of drug-likeness (QED) is 0.648. The lowest BCUT2D eigenvalue weighted by Gasteiger charge is -2.21. The minimum atomic E-state index is -0.493. The van der Waals surface area contributed by atoms with Crippen molar-refractivity contribution in [2.24, 2.45) is 5.73 Å². The molecule has 0 spiro atoms. The number of rotatable bonds is 6. The second kappa shape index (κ2) is 7.96. The van der Waals surface area contributed by atoms with Crippen molar-refractivity contribution in [2.75, 3.05) is 33.9 Å². The average Bonchev–Trinajstić information content (AvgIpc) is 2.86. The third kappa shape index (κ3) is 5.04. The first kappa shape index (κ1) is 15.7. The molecule has 7 nitrogen and oxygen atoms in total. The molecule has 1 rings (SSSR count). The summed E-state index contributed by atoms with van der Waals surface area (Å²) in [6.45, 7) is 1.71. The number of likely N-dealkylation sites (tertiary alicyclic amines) is 1. The Morgan fingerprint density at radius 3 is 2.84 bits per heavy atom. The van der Waals surface area contributed by atoms with Crippen molar-refractivity contribution in [3.63, 3.8) is 0 Å². The van der Waals surface area contributed by atoms with Gasteiger partial charge >= 0.3 is 6.09 Å². The van der Waals surface area contributed by atoms with Crippen LogP contribution in [0.2, 0.25) is 0 Å². The Hall–Kier alpha value is -1.34. The number of nitrogens with one attached hydrogen (secondary N) is 1. The van der Waals surface area contributed by atoms with Gasteiger partial charge in [0.1, 0.15) is 0 Å². The Kier molecular flexibility index (Phi) is 6.58. The maximum atomic E-state index is 12.1. The van der Waals surface area contributed by atoms with E-state index in [4.69, 9.17) is 10.5 Å². The highest BCUT2D eigenvalue weighted by atomic mass is 16.5. The van der Waals surface area contributed by atoms with Crippen LogP contribution >= 0.6 is 0 Å². The van der Waals surface area contributed by atoms with Gasteiger partial charge in [0, 0.05) is 26.8 Å². The van der Waals surface area contributed by atoms with Crippen molar-refractivity contribution >= 4 is 12.0 Å². The number of methoxy groups -OCH3 is 2. The molecule has 2 atom stereocenters. The van der Waals surface area contributed by atoms with E-state index in [1.54, 1.807) is 12.0 Å². The number of nitrogens with zero attached hydrogens (tertiary/aromatic N) is 1. The van der Waals surface area contributed by atoms with E-state index < -0.39 is 12.1 Å². The molecule has 1 fully saturated rings. The highest BCUT2D eigenvalue weighted by Gasteiger charge is 2.29. The number of carbonyl (C=O) groups is 2. The maximum Gasteiger partial charge on any atom is 0.407 e. The van der Waals surface area contributed by atoms with E-state index in [1.165, 1.54) is 7.11 Å². The molecule has 0 radical (unpaired) electrons. The molecule has 1 saturated heterocycles. The second-order valence-electron chi connectivity index (χ2n) is 4.65. The molecule has 3 N–H and O–H groups in total. The first-order valence-electron chi connectivity index (χ1n) is 6.46. The minimum Gasteiger partial charge on any atom is -0.453 e. The van der Waals surface area contributed by atoms with E-state index in [9.17, 15) is 9.59 Å². The number of hydrogen-bond acceptors (Lipinski definition) is 5. The summed E-state index contributed by atoms with van der Waals surface area (Å²) in [6.07, 6.45) is 1.63. The maximum absolute atomic E-state index is 12.1. The highest BCUT2D eigenvalue weighted by Crippen LogP contribution is 2.12. The number of ether oxygens (including phenoxy) is 2. The molecule has 1 aliphatic rings. The Bertz CT molecular complexity index is 311. The lowest BCUT2D eigenvalue weighted by atomic mass is 10.1. The van der Waals surface area contributed by atoms with Gasteiger partial charge in [-0.25, -0.2) is 4.79 Å². The van der Waals surface area contributed by atoms with Crippen LogP contribution in [0.5, 0.6) is 0 Å². The van der Waals surface area contributed by atoms with Crippen LogP contribution in [-0.4, -0.2) is 62.9 Å². The van der Waals surface area contributed by atoms with Gasteiger partial charge in [-0.05, 0) is 19.3 Å². The topological polar surface area (TPSA) is 93.9 Å². The van der Waals surface area contributed by atoms with Gasteiger partial charge in [0.2, 0.25) is 5.91 Å². The van der Waals surface area contributed by atoms with E-state index in [-0.39, 0.29) is 11.9 Å². The molecule has 7 heteroatoms. The van der Waals surface area contributed by atoms with Crippen molar-refractivity contribution < 1.29 is 19.1 Å². The Morgan fingerprint density at radius 2 is 2.21 bits per heavy atom. The summed E-state index contributed by atoms with van der Waals surface area (Å²) >= 11 is 0. The van der Waals surface area contributed by atoms with Crippen molar-refractivity contribution in [3.8, 4) is 0 Å². The zero-order valence-corrected chi connectivity index (χ0v) is 11.6. The first-order chi connectivity index (χ1) is 9.08. The standard InChI is InChI=1S/C12H23N3O4/c1-18-7-3-4-10(13)11(16)15-6-5-9(8-15)14-12(17)19-2/h9-10H,3-8,13H2,1-2H3,(H,14,17). The molecule has 19 heavy (non-hydrogen) atoms. The molecule has 0 bridgehead atoms. The molecule has 2 unspecified atom stereocenters. The zero-order valence-electron chi connectivity index (χ0n) is 11.6. The molecular formula is C12H23N3O4. The van der Waals surface area contributed by atoms with Gasteiger partial charge in [-0.3, -0.25) is 4.79 Å². The van der Waals surface area contributed by atoms with Gasteiger partial charge in [0.15, 0.2) is 0 Å². The molecule has 0 aromatic rings. The summed E-state index contributed by atoms with van der Waals surface area (Å²) in [7, 11) is 2.94. The van der Waals surface area contributed by atoms with Crippen LogP contribution in [0.4, 0.5) is 4.79 Å². The fourth-order valence-corrected chi connectivity index (χ4v) is 2.11. The number of alkyl carbamates (subject to hydrolysis) is 1. The number of amides is 2. The summed E-state index contributed by atoms with van der Waals surface area (Å²) in [6, 6.07) is -0.547. The monoisotopic (exact) mass is 273 g/mol. The molecule has 2 amide bonds. The zero-order chi connectivity index (χ0) is 14.3. The largest absolute Gasteiger partial charge is 0.453 e. The lowest BCUT2D eigenvalue weighted by molar-refractivity contribution is -0.131. The van der Waals surface area contributed by atoms with Crippen LogP contribution in [0.1, 0.15) is 19.3 Å². The Morgan fingerprint density at radius 1 is 1.47 bits per heavy atom. The van der Waals surface area contributed by atoms with Crippen LogP contribution in [0.3, 0.4) is 0 Å². The normalized spacial score (nSPS) is 20.2. The summed E-state index contributed by atoms with van der Waals surface area (Å²) in [5.41, 5.74) is 5.85. The minimum absolute atomic E-state index is 0.0532. The van der Waals surface area contributed by atoms with E-state index in [2.05, 4.69) is 10.1 Å². The third-order valence-corrected chi connectivity index (χ3v) is 3.19. The predicted molar refractivity (Wildman–Crippen MR) is 69.6 cm³/mol. The summed E-state index contributed by atoms with van der Waals surface area (Å²) in [5.74, 6) is -0.0646. The van der Waals surface area contributed by atoms with Crippen LogP contribution in [-0.2, 0) is 14.3 Å². The number of carbonyl (C=O) groups excluding carboxylic acids is 2. The predicted octanol–water partition coefficient (Wildman–Crippen LogP) is -0.303. The number of hydrogen-bond donors (Lipinski definition) is 2. The van der Waals surface area contributed by atoms with Gasteiger partial charge in [0.25, 0.3) is 0 Å². The molecule has 110 valence electrons. The van der Waals surface area contributed by atoms with Crippen LogP contribution < -0.4 is 11.1 Å². The van der Waals surface area contributed by atoms with Crippen molar-refractivity contribution in [2.45, 2.75) is 31.3 Å². The van der Waals surface area contributed by atoms with E-state index >= 15 is 0 Å². The average molecular weight is 273 g/mol. The first-order valence-corrected chi connectivity index (χ1v) is 6.46. The van der Waals surface area contributed by atoms with Crippen LogP contribution in [0, 0.1) is 0 Å². The van der Waals surface area contributed by atoms with E-state index in [1.807, 2.05) is 0 Å². The Labute approximate surface area is 113 Å². The smallest absolute Gasteiger partial charge is 0.407 e. The molecule has 0 aromatic heterocycles. The van der Waals surface area contributed by atoms with Crippen LogP contribution in [0.25, 0.3) is 0 Å². The van der Waals surface area contributed by atoms with Crippen molar-refractivity contribution in [1.82, 2.24) is 10.2 Å². The van der Waals surface area contributed by atoms with E-state index in [0.717, 1.165) is 12.8 Å². The molecular weight excluding hydrogens is 250 g/mol. The molecule has 0 saturated carbocycles. The molecule has 0 aliphatic carbocycles. The van der Waals surface area contributed by atoms with Crippen molar-refractivity contribution in [1.29, 1.82) is 0 Å². The second-order valence-corrected chi connectivity index (χ2v) is 4.65. The summed E-state index contributed by atoms with van der Waals surface area (Å²) < 4.78 is 9.46. The SMILES string of the molecule is COCCCC(N)C(=O)N1CCC(NC(=O)OC)C1. The fraction of sp³-hybridized carbons (Fsp3) is 0.833. The Balaban J connectivity index is 2.32. The summed E-state index contributed by atoms with van der Waals surface area (Å²) in [4.78, 5) is 24.8. The van der Waals surface area contributed by atoms with Crippen LogP contribution in [0.15, 0.2) is 0 Å². The van der Waals surface area contributed by atoms with E-state index in [0.29, 0.717) is 26.1 Å². The lowest BCUT2D eigenvalue weighted by Crippen LogP contribution is -2.44. The van der Waals surface area contributed by atoms with Crippen molar-refractivity contribution in [3.05, 3.63) is 0 Å². The molecule has 1 aliphatic heterocycles. The molecule has 0 aromatic carbocycles. The fourth-order valence-electron chi connectivity index (χ4n) is 2.11. The number of nitrogens with two attached hydrogens (primary N) is 1.